The Bertz CT molecular complexity index is 1030. The number of carbonyl (C=O) groups is 3. The average molecular weight is 444 g/mol. The maximum atomic E-state index is 13.1. The van der Waals surface area contributed by atoms with Gasteiger partial charge in [-0.05, 0) is 57.1 Å². The number of anilines is 2. The standard InChI is InChI=1S/C23H26ClN3O4/c1-13-8-14(2)22(15(3)9-13)25-20(28)12-26(4)18-11-21(29)27(23(18)30)17-10-16(24)6-7-19(17)31-5/h6-10,18H,11-12H2,1-5H3,(H,25,28). The molecular formula is C23H26ClN3O4. The molecule has 1 unspecified atom stereocenters. The van der Waals surface area contributed by atoms with E-state index in [9.17, 15) is 14.4 Å². The van der Waals surface area contributed by atoms with Crippen molar-refractivity contribution < 1.29 is 19.1 Å². The molecule has 2 aromatic carbocycles. The normalized spacial score (nSPS) is 16.2. The monoisotopic (exact) mass is 443 g/mol. The molecule has 1 atom stereocenters. The summed E-state index contributed by atoms with van der Waals surface area (Å²) in [5.74, 6) is -0.661. The maximum absolute atomic E-state index is 13.1. The van der Waals surface area contributed by atoms with Crippen LogP contribution in [0, 0.1) is 20.8 Å². The lowest BCUT2D eigenvalue weighted by Crippen LogP contribution is -2.43. The van der Waals surface area contributed by atoms with E-state index in [1.807, 2.05) is 32.9 Å². The third-order valence-electron chi connectivity index (χ3n) is 5.37. The molecule has 1 aliphatic heterocycles. The van der Waals surface area contributed by atoms with E-state index >= 15 is 0 Å². The fourth-order valence-electron chi connectivity index (χ4n) is 3.94. The summed E-state index contributed by atoms with van der Waals surface area (Å²) >= 11 is 6.06. The lowest BCUT2D eigenvalue weighted by Gasteiger charge is -2.23. The Morgan fingerprint density at radius 3 is 2.45 bits per heavy atom. The number of aryl methyl sites for hydroxylation is 3. The minimum absolute atomic E-state index is 0.0269. The van der Waals surface area contributed by atoms with Crippen LogP contribution in [0.25, 0.3) is 0 Å². The Hall–Kier alpha value is -2.90. The molecule has 1 fully saturated rings. The van der Waals surface area contributed by atoms with Crippen LogP contribution in [-0.2, 0) is 14.4 Å². The van der Waals surface area contributed by atoms with Crippen LogP contribution >= 0.6 is 11.6 Å². The van der Waals surface area contributed by atoms with Crippen LogP contribution in [0.5, 0.6) is 5.75 Å². The number of rotatable bonds is 6. The van der Waals surface area contributed by atoms with Gasteiger partial charge in [0.25, 0.3) is 5.91 Å². The van der Waals surface area contributed by atoms with Gasteiger partial charge in [0.15, 0.2) is 0 Å². The Morgan fingerprint density at radius 2 is 1.84 bits per heavy atom. The highest BCUT2D eigenvalue weighted by molar-refractivity contribution is 6.31. The van der Waals surface area contributed by atoms with Gasteiger partial charge in [-0.15, -0.1) is 0 Å². The highest BCUT2D eigenvalue weighted by Crippen LogP contribution is 2.35. The summed E-state index contributed by atoms with van der Waals surface area (Å²) in [6.07, 6.45) is -0.0269. The molecule has 31 heavy (non-hydrogen) atoms. The van der Waals surface area contributed by atoms with Gasteiger partial charge in [0.1, 0.15) is 5.75 Å². The van der Waals surface area contributed by atoms with Gasteiger partial charge in [-0.3, -0.25) is 19.3 Å². The second-order valence-electron chi connectivity index (χ2n) is 7.84. The average Bonchev–Trinajstić information content (AvgIpc) is 2.98. The van der Waals surface area contributed by atoms with Gasteiger partial charge in [-0.25, -0.2) is 4.90 Å². The minimum atomic E-state index is -0.748. The Labute approximate surface area is 186 Å². The molecule has 0 spiro atoms. The molecule has 1 N–H and O–H groups in total. The van der Waals surface area contributed by atoms with E-state index in [1.54, 1.807) is 24.1 Å². The molecule has 7 nitrogen and oxygen atoms in total. The zero-order chi connectivity index (χ0) is 22.9. The first-order valence-corrected chi connectivity index (χ1v) is 10.3. The number of likely N-dealkylation sites (N-methyl/N-ethyl adjacent to an activating group) is 1. The minimum Gasteiger partial charge on any atom is -0.495 e. The summed E-state index contributed by atoms with van der Waals surface area (Å²) < 4.78 is 5.28. The number of nitrogens with zero attached hydrogens (tertiary/aromatic N) is 2. The molecule has 3 amide bonds. The van der Waals surface area contributed by atoms with Crippen molar-refractivity contribution >= 4 is 40.7 Å². The van der Waals surface area contributed by atoms with Crippen LogP contribution in [0.3, 0.4) is 0 Å². The molecule has 0 saturated carbocycles. The lowest BCUT2D eigenvalue weighted by molar-refractivity contribution is -0.123. The molecule has 8 heteroatoms. The fourth-order valence-corrected chi connectivity index (χ4v) is 4.11. The molecule has 0 aliphatic carbocycles. The van der Waals surface area contributed by atoms with E-state index in [4.69, 9.17) is 16.3 Å². The topological polar surface area (TPSA) is 79.0 Å². The van der Waals surface area contributed by atoms with Crippen LogP contribution in [0.1, 0.15) is 23.1 Å². The number of hydrogen-bond acceptors (Lipinski definition) is 5. The van der Waals surface area contributed by atoms with Crippen molar-refractivity contribution in [1.82, 2.24) is 4.90 Å². The highest BCUT2D eigenvalue weighted by atomic mass is 35.5. The molecule has 0 bridgehead atoms. The first-order valence-electron chi connectivity index (χ1n) is 9.90. The number of ether oxygens (including phenoxy) is 1. The number of nitrogens with one attached hydrogen (secondary N) is 1. The lowest BCUT2D eigenvalue weighted by atomic mass is 10.1. The van der Waals surface area contributed by atoms with E-state index in [-0.39, 0.29) is 24.8 Å². The number of imide groups is 1. The number of halogens is 1. The van der Waals surface area contributed by atoms with Gasteiger partial charge in [0, 0.05) is 10.7 Å². The van der Waals surface area contributed by atoms with Crippen LogP contribution in [0.4, 0.5) is 11.4 Å². The SMILES string of the molecule is COc1ccc(Cl)cc1N1C(=O)CC(N(C)CC(=O)Nc2c(C)cc(C)cc2C)C1=O. The second kappa shape index (κ2) is 9.08. The van der Waals surface area contributed by atoms with E-state index in [0.717, 1.165) is 27.3 Å². The van der Waals surface area contributed by atoms with Gasteiger partial charge >= 0.3 is 0 Å². The third kappa shape index (κ3) is 4.73. The number of carbonyl (C=O) groups excluding carboxylic acids is 3. The number of methoxy groups -OCH3 is 1. The molecule has 0 radical (unpaired) electrons. The van der Waals surface area contributed by atoms with E-state index in [1.165, 1.54) is 13.2 Å². The first-order chi connectivity index (χ1) is 14.6. The smallest absolute Gasteiger partial charge is 0.251 e. The van der Waals surface area contributed by atoms with E-state index < -0.39 is 11.9 Å². The van der Waals surface area contributed by atoms with Crippen molar-refractivity contribution in [3.63, 3.8) is 0 Å². The summed E-state index contributed by atoms with van der Waals surface area (Å²) in [5, 5.41) is 3.31. The van der Waals surface area contributed by atoms with Gasteiger partial charge in [-0.1, -0.05) is 29.3 Å². The van der Waals surface area contributed by atoms with Crippen molar-refractivity contribution in [1.29, 1.82) is 0 Å². The molecule has 0 aromatic heterocycles. The zero-order valence-electron chi connectivity index (χ0n) is 18.3. The van der Waals surface area contributed by atoms with Crippen molar-refractivity contribution in [3.05, 3.63) is 52.0 Å². The Kier molecular flexibility index (Phi) is 6.67. The summed E-state index contributed by atoms with van der Waals surface area (Å²) in [6, 6.07) is 8.01. The summed E-state index contributed by atoms with van der Waals surface area (Å²) in [4.78, 5) is 41.0. The van der Waals surface area contributed by atoms with Crippen LogP contribution < -0.4 is 15.0 Å². The van der Waals surface area contributed by atoms with Crippen molar-refractivity contribution in [2.75, 3.05) is 30.9 Å². The Balaban J connectivity index is 1.74. The molecule has 3 rings (SSSR count). The molecule has 1 saturated heterocycles. The van der Waals surface area contributed by atoms with Crippen LogP contribution in [0.15, 0.2) is 30.3 Å². The molecule has 1 heterocycles. The Morgan fingerprint density at radius 1 is 1.19 bits per heavy atom. The predicted octanol–water partition coefficient (Wildman–Crippen LogP) is 3.48. The number of amides is 3. The fraction of sp³-hybridized carbons (Fsp3) is 0.348. The highest BCUT2D eigenvalue weighted by Gasteiger charge is 2.43. The van der Waals surface area contributed by atoms with E-state index in [2.05, 4.69) is 5.32 Å². The molecule has 2 aromatic rings. The largest absolute Gasteiger partial charge is 0.495 e. The van der Waals surface area contributed by atoms with E-state index in [0.29, 0.717) is 16.5 Å². The van der Waals surface area contributed by atoms with Gasteiger partial charge < -0.3 is 10.1 Å². The van der Waals surface area contributed by atoms with Gasteiger partial charge in [0.2, 0.25) is 11.8 Å². The van der Waals surface area contributed by atoms with Crippen molar-refractivity contribution in [2.45, 2.75) is 33.2 Å². The summed E-state index contributed by atoms with van der Waals surface area (Å²) in [7, 11) is 3.11. The molecule has 1 aliphatic rings. The molecular weight excluding hydrogens is 418 g/mol. The quantitative estimate of drug-likeness (QED) is 0.691. The zero-order valence-corrected chi connectivity index (χ0v) is 19.0. The maximum Gasteiger partial charge on any atom is 0.251 e. The number of benzene rings is 2. The van der Waals surface area contributed by atoms with Gasteiger partial charge in [0.05, 0.1) is 31.8 Å². The summed E-state index contributed by atoms with van der Waals surface area (Å²) in [5.41, 5.74) is 4.13. The third-order valence-corrected chi connectivity index (χ3v) is 5.61. The van der Waals surface area contributed by atoms with Crippen molar-refractivity contribution in [2.24, 2.45) is 0 Å². The number of hydrogen-bond donors (Lipinski definition) is 1. The van der Waals surface area contributed by atoms with Crippen LogP contribution in [-0.4, -0.2) is 49.4 Å². The second-order valence-corrected chi connectivity index (χ2v) is 8.28. The molecule has 164 valence electrons. The van der Waals surface area contributed by atoms with Gasteiger partial charge in [-0.2, -0.15) is 0 Å². The predicted molar refractivity (Wildman–Crippen MR) is 121 cm³/mol. The summed E-state index contributed by atoms with van der Waals surface area (Å²) in [6.45, 7) is 5.85. The van der Waals surface area contributed by atoms with Crippen molar-refractivity contribution in [3.8, 4) is 5.75 Å². The first kappa shape index (κ1) is 22.8. The van der Waals surface area contributed by atoms with Crippen LogP contribution in [0.2, 0.25) is 5.02 Å².